The molecule has 4 aliphatic rings. The number of amides is 4. The number of aliphatic carboxylic acids is 1. The Hall–Kier alpha value is -5.79. The van der Waals surface area contributed by atoms with E-state index in [0.29, 0.717) is 11.1 Å². The fourth-order valence-electron chi connectivity index (χ4n) is 8.37. The minimum Gasteiger partial charge on any atom is -0.481 e. The van der Waals surface area contributed by atoms with Crippen LogP contribution in [0.4, 0.5) is 38.0 Å². The largest absolute Gasteiger partial charge is 0.481 e. The van der Waals surface area contributed by atoms with Crippen molar-refractivity contribution >= 4 is 81.3 Å². The van der Waals surface area contributed by atoms with Crippen molar-refractivity contribution in [2.75, 3.05) is 22.9 Å². The molecule has 4 amide bonds. The number of aromatic nitrogens is 2. The van der Waals surface area contributed by atoms with E-state index in [1.165, 1.54) is 58.3 Å². The summed E-state index contributed by atoms with van der Waals surface area (Å²) in [6.45, 7) is -1.09. The molecule has 2 spiro atoms. The van der Waals surface area contributed by atoms with Gasteiger partial charge in [-0.25, -0.2) is 36.3 Å². The van der Waals surface area contributed by atoms with Crippen LogP contribution in [0.2, 0.25) is 10.0 Å². The summed E-state index contributed by atoms with van der Waals surface area (Å²) >= 11 is 17.0. The number of carboxylic acids is 1. The molecule has 4 aromatic rings. The maximum Gasteiger partial charge on any atom is 0.306 e. The maximum atomic E-state index is 14.5. The van der Waals surface area contributed by atoms with Crippen LogP contribution >= 0.6 is 34.8 Å². The molecule has 2 aromatic heterocycles. The molecule has 2 aliphatic carbocycles. The van der Waals surface area contributed by atoms with Crippen molar-refractivity contribution in [1.82, 2.24) is 19.8 Å². The highest BCUT2D eigenvalue weighted by atomic mass is 35.5. The molecule has 22 heteroatoms. The van der Waals surface area contributed by atoms with E-state index < -0.39 is 95.3 Å². The van der Waals surface area contributed by atoms with Gasteiger partial charge in [0.1, 0.15) is 24.2 Å². The lowest BCUT2D eigenvalue weighted by atomic mass is 9.65. The molecule has 0 bridgehead atoms. The number of hydrogen-bond acceptors (Lipinski definition) is 8. The van der Waals surface area contributed by atoms with E-state index in [4.69, 9.17) is 34.8 Å². The highest BCUT2D eigenvalue weighted by Crippen LogP contribution is 2.49. The zero-order valence-corrected chi connectivity index (χ0v) is 35.1. The van der Waals surface area contributed by atoms with Gasteiger partial charge in [0.15, 0.2) is 23.3 Å². The lowest BCUT2D eigenvalue weighted by molar-refractivity contribution is -0.169. The summed E-state index contributed by atoms with van der Waals surface area (Å²) in [7, 11) is 0. The smallest absolute Gasteiger partial charge is 0.306 e. The fourth-order valence-corrected chi connectivity index (χ4v) is 8.81. The van der Waals surface area contributed by atoms with Gasteiger partial charge in [0.2, 0.25) is 17.1 Å². The Kier molecular flexibility index (Phi) is 13.0. The minimum atomic E-state index is -2.65. The number of carboxylic acid groups (broad SMARTS) is 1. The molecule has 4 heterocycles. The van der Waals surface area contributed by atoms with Gasteiger partial charge in [0.25, 0.3) is 24.7 Å². The molecule has 0 unspecified atom stereocenters. The van der Waals surface area contributed by atoms with Crippen molar-refractivity contribution in [3.63, 3.8) is 0 Å². The van der Waals surface area contributed by atoms with Gasteiger partial charge >= 0.3 is 5.97 Å². The summed E-state index contributed by atoms with van der Waals surface area (Å²) in [6, 6.07) is 12.6. The molecule has 2 aromatic carbocycles. The first-order valence-corrected chi connectivity index (χ1v) is 20.4. The lowest BCUT2D eigenvalue weighted by Gasteiger charge is -2.56. The molecule has 64 heavy (non-hydrogen) atoms. The average Bonchev–Trinajstić information content (AvgIpc) is 3.20. The molecule has 1 N–H and O–H groups in total. The van der Waals surface area contributed by atoms with Gasteiger partial charge in [-0.15, -0.1) is 0 Å². The molecule has 2 aliphatic heterocycles. The zero-order chi connectivity index (χ0) is 46.4. The Bertz CT molecular complexity index is 2350. The van der Waals surface area contributed by atoms with Gasteiger partial charge in [-0.3, -0.25) is 38.6 Å². The molecule has 4 fully saturated rings. The number of carbonyl (C=O) groups excluding carboxylic acids is 5. The van der Waals surface area contributed by atoms with Gasteiger partial charge < -0.3 is 14.9 Å². The number of halogens is 9. The third-order valence-corrected chi connectivity index (χ3v) is 12.5. The number of rotatable bonds is 10. The number of benzene rings is 2. The number of hydrogen-bond donors (Lipinski definition) is 1. The van der Waals surface area contributed by atoms with E-state index in [0.717, 1.165) is 34.3 Å². The molecular weight excluding hydrogens is 921 g/mol. The van der Waals surface area contributed by atoms with E-state index >= 15 is 0 Å². The SMILES string of the molecule is O=C(Cl)C1CC2(C1)C(=O)N(c1ncc(Cl)cc1F)CC(=O)N2Cc1ccc(C(F)F)cc1.O=C(O)C1CC2(C1)C(=O)N(c1ncc(Cl)cc1F)CC(=O)N2Cc1ccc(C(F)F)cc1. The van der Waals surface area contributed by atoms with Crippen LogP contribution in [-0.2, 0) is 41.9 Å². The monoisotopic (exact) mass is 952 g/mol. The number of nitrogens with zero attached hydrogens (tertiary/aromatic N) is 6. The minimum absolute atomic E-state index is 0.0141. The van der Waals surface area contributed by atoms with Crippen molar-refractivity contribution in [2.24, 2.45) is 11.8 Å². The third-order valence-electron chi connectivity index (χ3n) is 11.7. The summed E-state index contributed by atoms with van der Waals surface area (Å²) in [5.41, 5.74) is -2.24. The normalized spacial score (nSPS) is 23.1. The van der Waals surface area contributed by atoms with Crippen LogP contribution in [0.15, 0.2) is 73.1 Å². The second-order valence-corrected chi connectivity index (χ2v) is 16.9. The molecule has 2 saturated heterocycles. The van der Waals surface area contributed by atoms with Gasteiger partial charge in [-0.1, -0.05) is 71.7 Å². The van der Waals surface area contributed by atoms with Crippen molar-refractivity contribution in [1.29, 1.82) is 0 Å². The lowest BCUT2D eigenvalue weighted by Crippen LogP contribution is -2.73. The number of pyridine rings is 2. The van der Waals surface area contributed by atoms with Crippen molar-refractivity contribution < 1.29 is 60.2 Å². The number of alkyl halides is 4. The second-order valence-electron chi connectivity index (χ2n) is 15.7. The standard InChI is InChI=1S/C21H16Cl2F3N3O3.C21H17ClF3N3O4/c22-14-5-15(24)19(27-8-14)28-10-16(30)29(9-11-1-3-12(4-2-11)18(25)26)21(20(28)32)6-13(7-21)17(23)31;22-14-5-15(23)18(26-8-14)27-10-16(29)28(9-11-1-3-12(4-2-11)17(24)25)21(20(27)32)6-13(7-21)19(30)31/h1-5,8,13,18H,6-7,9-10H2;1-5,8,13,17H,6-7,9-10H2,(H,30,31). The molecule has 336 valence electrons. The Morgan fingerprint density at radius 2 is 1.02 bits per heavy atom. The van der Waals surface area contributed by atoms with Crippen LogP contribution < -0.4 is 9.80 Å². The Morgan fingerprint density at radius 3 is 1.33 bits per heavy atom. The zero-order valence-electron chi connectivity index (χ0n) is 32.9. The predicted molar refractivity (Wildman–Crippen MR) is 216 cm³/mol. The first-order valence-electron chi connectivity index (χ1n) is 19.3. The highest BCUT2D eigenvalue weighted by Gasteiger charge is 2.63. The molecule has 0 atom stereocenters. The van der Waals surface area contributed by atoms with Crippen LogP contribution in [0.3, 0.4) is 0 Å². The van der Waals surface area contributed by atoms with Gasteiger partial charge in [0.05, 0.1) is 16.0 Å². The van der Waals surface area contributed by atoms with Crippen LogP contribution in [0, 0.1) is 23.5 Å². The van der Waals surface area contributed by atoms with Crippen molar-refractivity contribution in [3.05, 3.63) is 117 Å². The average molecular weight is 954 g/mol. The summed E-state index contributed by atoms with van der Waals surface area (Å²) in [5.74, 6) is -7.34. The Balaban J connectivity index is 0.000000191. The molecule has 2 saturated carbocycles. The first kappa shape index (κ1) is 46.2. The number of piperazine rings is 2. The topological polar surface area (TPSA) is 161 Å². The van der Waals surface area contributed by atoms with Gasteiger partial charge in [-0.05, 0) is 60.5 Å². The summed E-state index contributed by atoms with van der Waals surface area (Å²) in [4.78, 5) is 88.2. The fraction of sp³-hybridized carbons (Fsp3) is 0.333. The van der Waals surface area contributed by atoms with Gasteiger partial charge in [0, 0.05) is 42.5 Å². The molecule has 0 radical (unpaired) electrons. The maximum absolute atomic E-state index is 14.5. The number of carbonyl (C=O) groups is 6. The second kappa shape index (κ2) is 18.0. The van der Waals surface area contributed by atoms with E-state index in [1.807, 2.05) is 0 Å². The first-order chi connectivity index (χ1) is 30.2. The summed E-state index contributed by atoms with van der Waals surface area (Å²) in [5, 5.41) is 8.74. The van der Waals surface area contributed by atoms with E-state index in [9.17, 15) is 60.2 Å². The predicted octanol–water partition coefficient (Wildman–Crippen LogP) is 7.52. The van der Waals surface area contributed by atoms with E-state index in [1.54, 1.807) is 0 Å². The van der Waals surface area contributed by atoms with E-state index in [-0.39, 0.29) is 71.6 Å². The molecular formula is C42H33Cl3F6N6O7. The van der Waals surface area contributed by atoms with Crippen LogP contribution in [0.1, 0.15) is 60.8 Å². The Morgan fingerprint density at radius 1 is 0.656 bits per heavy atom. The van der Waals surface area contributed by atoms with Crippen LogP contribution in [-0.4, -0.2) is 83.9 Å². The van der Waals surface area contributed by atoms with Crippen LogP contribution in [0.25, 0.3) is 0 Å². The molecule has 13 nitrogen and oxygen atoms in total. The summed E-state index contributed by atoms with van der Waals surface area (Å²) in [6.07, 6.45) is -3.32. The number of anilines is 2. The molecule has 8 rings (SSSR count). The highest BCUT2D eigenvalue weighted by molar-refractivity contribution is 6.64. The summed E-state index contributed by atoms with van der Waals surface area (Å²) < 4.78 is 80.2. The van der Waals surface area contributed by atoms with Crippen molar-refractivity contribution in [2.45, 2.75) is 62.7 Å². The Labute approximate surface area is 374 Å². The van der Waals surface area contributed by atoms with Crippen molar-refractivity contribution in [3.8, 4) is 0 Å². The van der Waals surface area contributed by atoms with Gasteiger partial charge in [-0.2, -0.15) is 0 Å². The quantitative estimate of drug-likeness (QED) is 0.125. The third kappa shape index (κ3) is 8.72. The van der Waals surface area contributed by atoms with Crippen LogP contribution in [0.5, 0.6) is 0 Å². The van der Waals surface area contributed by atoms with E-state index in [2.05, 4.69) is 9.97 Å².